The highest BCUT2D eigenvalue weighted by Crippen LogP contribution is 2.46. The zero-order valence-corrected chi connectivity index (χ0v) is 18.0. The molecule has 1 amide bonds. The lowest BCUT2D eigenvalue weighted by molar-refractivity contribution is -0.137. The number of nitrogens with one attached hydrogen (secondary N) is 1. The van der Waals surface area contributed by atoms with E-state index in [1.165, 1.54) is 0 Å². The minimum Gasteiger partial charge on any atom is -0.383 e. The highest BCUT2D eigenvalue weighted by Gasteiger charge is 2.55. The predicted octanol–water partition coefficient (Wildman–Crippen LogP) is 2.53. The SMILES string of the molecule is COCCN1[C@@H]2CCCC[C@@]2(C(=O)NCc2cc(C)ccc2C)CCS1(=O)=O. The summed E-state index contributed by atoms with van der Waals surface area (Å²) in [7, 11) is -1.77. The van der Waals surface area contributed by atoms with Crippen LogP contribution in [0.2, 0.25) is 0 Å². The Labute approximate surface area is 168 Å². The third kappa shape index (κ3) is 4.11. The Morgan fingerprint density at radius 1 is 1.29 bits per heavy atom. The van der Waals surface area contributed by atoms with Crippen molar-refractivity contribution in [2.45, 2.75) is 58.5 Å². The lowest BCUT2D eigenvalue weighted by Gasteiger charge is -2.50. The van der Waals surface area contributed by atoms with Crippen LogP contribution in [0.15, 0.2) is 18.2 Å². The first-order chi connectivity index (χ1) is 13.3. The normalized spacial score (nSPS) is 27.2. The Balaban J connectivity index is 1.82. The fourth-order valence-corrected chi connectivity index (χ4v) is 6.66. The molecule has 1 aromatic carbocycles. The Hall–Kier alpha value is -1.44. The zero-order chi connectivity index (χ0) is 20.4. The summed E-state index contributed by atoms with van der Waals surface area (Å²) >= 11 is 0. The van der Waals surface area contributed by atoms with Gasteiger partial charge in [0.2, 0.25) is 15.9 Å². The number of sulfonamides is 1. The summed E-state index contributed by atoms with van der Waals surface area (Å²) in [5, 5.41) is 3.14. The van der Waals surface area contributed by atoms with Crippen molar-refractivity contribution in [3.05, 3.63) is 34.9 Å². The number of hydrogen-bond acceptors (Lipinski definition) is 4. The van der Waals surface area contributed by atoms with Gasteiger partial charge in [0.1, 0.15) is 0 Å². The number of amides is 1. The summed E-state index contributed by atoms with van der Waals surface area (Å²) in [6, 6.07) is 5.96. The lowest BCUT2D eigenvalue weighted by Crippen LogP contribution is -2.63. The van der Waals surface area contributed by atoms with Gasteiger partial charge < -0.3 is 10.1 Å². The van der Waals surface area contributed by atoms with E-state index in [2.05, 4.69) is 23.5 Å². The highest BCUT2D eigenvalue weighted by molar-refractivity contribution is 7.89. The molecule has 0 aromatic heterocycles. The van der Waals surface area contributed by atoms with Crippen molar-refractivity contribution in [3.8, 4) is 0 Å². The summed E-state index contributed by atoms with van der Waals surface area (Å²) < 4.78 is 32.1. The van der Waals surface area contributed by atoms with Gasteiger partial charge in [-0.3, -0.25) is 4.79 Å². The number of carbonyl (C=O) groups excluding carboxylic acids is 1. The molecule has 1 aliphatic heterocycles. The second-order valence-electron chi connectivity index (χ2n) is 8.20. The van der Waals surface area contributed by atoms with Gasteiger partial charge in [-0.2, -0.15) is 4.31 Å². The first-order valence-electron chi connectivity index (χ1n) is 10.1. The minimum absolute atomic E-state index is 0.00424. The van der Waals surface area contributed by atoms with E-state index in [4.69, 9.17) is 4.74 Å². The molecule has 0 radical (unpaired) electrons. The van der Waals surface area contributed by atoms with Crippen LogP contribution in [0.1, 0.15) is 48.8 Å². The number of benzene rings is 1. The Bertz CT molecular complexity index is 824. The summed E-state index contributed by atoms with van der Waals surface area (Å²) in [5.74, 6) is 0.0276. The largest absolute Gasteiger partial charge is 0.383 e. The van der Waals surface area contributed by atoms with E-state index in [1.807, 2.05) is 13.8 Å². The Morgan fingerprint density at radius 2 is 2.07 bits per heavy atom. The summed E-state index contributed by atoms with van der Waals surface area (Å²) in [6.45, 7) is 5.22. The van der Waals surface area contributed by atoms with Gasteiger partial charge in [-0.15, -0.1) is 0 Å². The van der Waals surface area contributed by atoms with Crippen molar-refractivity contribution in [3.63, 3.8) is 0 Å². The molecule has 1 heterocycles. The maximum absolute atomic E-state index is 13.4. The molecule has 7 heteroatoms. The van der Waals surface area contributed by atoms with E-state index < -0.39 is 15.4 Å². The monoisotopic (exact) mass is 408 g/mol. The molecule has 1 N–H and O–H groups in total. The van der Waals surface area contributed by atoms with E-state index in [0.29, 0.717) is 26.1 Å². The van der Waals surface area contributed by atoms with Gasteiger partial charge in [0, 0.05) is 26.2 Å². The van der Waals surface area contributed by atoms with E-state index in [0.717, 1.165) is 42.4 Å². The molecule has 1 aromatic rings. The van der Waals surface area contributed by atoms with E-state index in [1.54, 1.807) is 11.4 Å². The van der Waals surface area contributed by atoms with Crippen LogP contribution in [-0.2, 0) is 26.1 Å². The van der Waals surface area contributed by atoms with Gasteiger partial charge in [-0.05, 0) is 44.2 Å². The first kappa shape index (κ1) is 21.3. The van der Waals surface area contributed by atoms with E-state index in [-0.39, 0.29) is 17.7 Å². The van der Waals surface area contributed by atoms with Crippen LogP contribution in [0.4, 0.5) is 0 Å². The van der Waals surface area contributed by atoms with E-state index in [9.17, 15) is 13.2 Å². The number of fused-ring (bicyclic) bond motifs is 1. The van der Waals surface area contributed by atoms with Crippen molar-refractivity contribution >= 4 is 15.9 Å². The van der Waals surface area contributed by atoms with E-state index >= 15 is 0 Å². The molecule has 0 spiro atoms. The average molecular weight is 409 g/mol. The predicted molar refractivity (Wildman–Crippen MR) is 109 cm³/mol. The number of aryl methyl sites for hydroxylation is 2. The summed E-state index contributed by atoms with van der Waals surface area (Å²) in [4.78, 5) is 13.4. The smallest absolute Gasteiger partial charge is 0.228 e. The molecule has 2 fully saturated rings. The number of carbonyl (C=O) groups is 1. The van der Waals surface area contributed by atoms with Crippen LogP contribution < -0.4 is 5.32 Å². The molecule has 0 bridgehead atoms. The number of hydrogen-bond donors (Lipinski definition) is 1. The first-order valence-corrected chi connectivity index (χ1v) is 11.7. The number of nitrogens with zero attached hydrogens (tertiary/aromatic N) is 1. The van der Waals surface area contributed by atoms with Gasteiger partial charge in [0.15, 0.2) is 0 Å². The van der Waals surface area contributed by atoms with Crippen molar-refractivity contribution in [1.82, 2.24) is 9.62 Å². The van der Waals surface area contributed by atoms with Crippen LogP contribution in [0.5, 0.6) is 0 Å². The summed E-state index contributed by atoms with van der Waals surface area (Å²) in [5.41, 5.74) is 2.79. The van der Waals surface area contributed by atoms with Gasteiger partial charge in [-0.1, -0.05) is 36.6 Å². The second kappa shape index (κ2) is 8.51. The molecule has 156 valence electrons. The standard InChI is InChI=1S/C21H32N2O4S/c1-16-7-8-17(2)18(14-16)15-22-20(24)21-9-5-4-6-19(21)23(11-12-27-3)28(25,26)13-10-21/h7-8,14,19H,4-6,9-13,15H2,1-3H3,(H,22,24)/t19-,21-/m1/s1. The topological polar surface area (TPSA) is 75.7 Å². The molecule has 3 rings (SSSR count). The number of methoxy groups -OCH3 is 1. The van der Waals surface area contributed by atoms with Crippen LogP contribution in [-0.4, -0.2) is 50.7 Å². The van der Waals surface area contributed by atoms with Gasteiger partial charge in [-0.25, -0.2) is 8.42 Å². The lowest BCUT2D eigenvalue weighted by atomic mass is 9.67. The highest BCUT2D eigenvalue weighted by atomic mass is 32.2. The fourth-order valence-electron chi connectivity index (χ4n) is 4.75. The average Bonchev–Trinajstić information content (AvgIpc) is 2.67. The van der Waals surface area contributed by atoms with Gasteiger partial charge in [0.05, 0.1) is 17.8 Å². The van der Waals surface area contributed by atoms with Crippen molar-refractivity contribution in [1.29, 1.82) is 0 Å². The van der Waals surface area contributed by atoms with Crippen molar-refractivity contribution < 1.29 is 17.9 Å². The maximum atomic E-state index is 13.4. The van der Waals surface area contributed by atoms with Gasteiger partial charge in [0.25, 0.3) is 0 Å². The summed E-state index contributed by atoms with van der Waals surface area (Å²) in [6.07, 6.45) is 3.80. The van der Waals surface area contributed by atoms with Crippen LogP contribution in [0.25, 0.3) is 0 Å². The second-order valence-corrected chi connectivity index (χ2v) is 10.2. The molecule has 28 heavy (non-hydrogen) atoms. The molecule has 1 aliphatic carbocycles. The zero-order valence-electron chi connectivity index (χ0n) is 17.2. The molecule has 2 aliphatic rings. The van der Waals surface area contributed by atoms with Crippen LogP contribution in [0, 0.1) is 19.3 Å². The molecular formula is C21H32N2O4S. The minimum atomic E-state index is -3.34. The quantitative estimate of drug-likeness (QED) is 0.785. The molecule has 1 saturated carbocycles. The Morgan fingerprint density at radius 3 is 2.82 bits per heavy atom. The molecular weight excluding hydrogens is 376 g/mol. The Kier molecular flexibility index (Phi) is 6.47. The third-order valence-electron chi connectivity index (χ3n) is 6.41. The van der Waals surface area contributed by atoms with Crippen LogP contribution >= 0.6 is 0 Å². The third-order valence-corrected chi connectivity index (χ3v) is 8.28. The molecule has 1 saturated heterocycles. The fraction of sp³-hybridized carbons (Fsp3) is 0.667. The van der Waals surface area contributed by atoms with Gasteiger partial charge >= 0.3 is 0 Å². The molecule has 0 unspecified atom stereocenters. The molecule has 2 atom stereocenters. The van der Waals surface area contributed by atoms with Crippen LogP contribution in [0.3, 0.4) is 0 Å². The maximum Gasteiger partial charge on any atom is 0.228 e. The number of ether oxygens (including phenoxy) is 1. The number of rotatable bonds is 6. The van der Waals surface area contributed by atoms with Crippen molar-refractivity contribution in [2.24, 2.45) is 5.41 Å². The molecule has 6 nitrogen and oxygen atoms in total. The van der Waals surface area contributed by atoms with Crippen molar-refractivity contribution in [2.75, 3.05) is 26.0 Å².